The third kappa shape index (κ3) is 4.66. The Morgan fingerprint density at radius 3 is 2.10 bits per heavy atom. The van der Waals surface area contributed by atoms with E-state index in [1.54, 1.807) is 24.3 Å². The van der Waals surface area contributed by atoms with Crippen molar-refractivity contribution in [3.05, 3.63) is 24.3 Å². The molecule has 4 N–H and O–H groups in total. The molecule has 1 aliphatic carbocycles. The van der Waals surface area contributed by atoms with Crippen molar-refractivity contribution in [3.63, 3.8) is 0 Å². The molecular weight excluding hydrogens is 254 g/mol. The normalized spacial score (nSPS) is 14.8. The molecule has 0 aromatic heterocycles. The van der Waals surface area contributed by atoms with Crippen LogP contribution in [0, 0.1) is 5.92 Å². The maximum absolute atomic E-state index is 11.7. The van der Waals surface area contributed by atoms with E-state index in [1.807, 2.05) is 13.8 Å². The van der Waals surface area contributed by atoms with Crippen molar-refractivity contribution in [1.82, 2.24) is 0 Å². The van der Waals surface area contributed by atoms with E-state index in [-0.39, 0.29) is 24.2 Å². The van der Waals surface area contributed by atoms with Crippen LogP contribution in [-0.2, 0) is 9.59 Å². The summed E-state index contributed by atoms with van der Waals surface area (Å²) < 4.78 is 0. The van der Waals surface area contributed by atoms with E-state index in [0.717, 1.165) is 18.5 Å². The zero-order valence-electron chi connectivity index (χ0n) is 11.9. The molecule has 0 spiro atoms. The first-order chi connectivity index (χ1) is 9.33. The smallest absolute Gasteiger partial charge is 0.227 e. The minimum absolute atomic E-state index is 0.0756. The summed E-state index contributed by atoms with van der Waals surface area (Å²) >= 11 is 0. The van der Waals surface area contributed by atoms with E-state index >= 15 is 0 Å². The first-order valence-electron chi connectivity index (χ1n) is 6.83. The van der Waals surface area contributed by atoms with Gasteiger partial charge in [-0.1, -0.05) is 0 Å². The van der Waals surface area contributed by atoms with Gasteiger partial charge in [0.05, 0.1) is 0 Å². The molecular formula is C15H21N3O2. The van der Waals surface area contributed by atoms with Crippen molar-refractivity contribution < 1.29 is 9.59 Å². The SMILES string of the molecule is CC(C)(N)CC(=O)Nc1ccc(NC(=O)C2CC2)cc1. The molecule has 1 fully saturated rings. The predicted octanol–water partition coefficient (Wildman–Crippen LogP) is 2.10. The molecule has 0 saturated heterocycles. The minimum atomic E-state index is -0.526. The van der Waals surface area contributed by atoms with Crippen molar-refractivity contribution in [2.45, 2.75) is 38.6 Å². The van der Waals surface area contributed by atoms with E-state index < -0.39 is 5.54 Å². The monoisotopic (exact) mass is 275 g/mol. The number of hydrogen-bond donors (Lipinski definition) is 3. The van der Waals surface area contributed by atoms with Gasteiger partial charge >= 0.3 is 0 Å². The van der Waals surface area contributed by atoms with E-state index in [1.165, 1.54) is 0 Å². The zero-order chi connectivity index (χ0) is 14.8. The maximum Gasteiger partial charge on any atom is 0.227 e. The van der Waals surface area contributed by atoms with Crippen LogP contribution in [0.25, 0.3) is 0 Å². The Morgan fingerprint density at radius 1 is 1.15 bits per heavy atom. The zero-order valence-corrected chi connectivity index (χ0v) is 11.9. The Kier molecular flexibility index (Phi) is 4.09. The van der Waals surface area contributed by atoms with Crippen molar-refractivity contribution >= 4 is 23.2 Å². The molecule has 1 aliphatic rings. The van der Waals surface area contributed by atoms with Gasteiger partial charge in [0.15, 0.2) is 0 Å². The summed E-state index contributed by atoms with van der Waals surface area (Å²) in [5.41, 5.74) is 6.72. The summed E-state index contributed by atoms with van der Waals surface area (Å²) in [6, 6.07) is 7.10. The number of anilines is 2. The highest BCUT2D eigenvalue weighted by Gasteiger charge is 2.29. The molecule has 2 amide bonds. The fourth-order valence-corrected chi connectivity index (χ4v) is 1.85. The van der Waals surface area contributed by atoms with Gasteiger partial charge in [-0.25, -0.2) is 0 Å². The summed E-state index contributed by atoms with van der Waals surface area (Å²) in [4.78, 5) is 23.3. The molecule has 0 aliphatic heterocycles. The van der Waals surface area contributed by atoms with Gasteiger partial charge in [-0.15, -0.1) is 0 Å². The summed E-state index contributed by atoms with van der Waals surface area (Å²) in [5.74, 6) is 0.139. The number of benzene rings is 1. The van der Waals surface area contributed by atoms with Gasteiger partial charge in [0, 0.05) is 29.3 Å². The average molecular weight is 275 g/mol. The first-order valence-corrected chi connectivity index (χ1v) is 6.83. The molecule has 108 valence electrons. The van der Waals surface area contributed by atoms with Crippen LogP contribution in [0.5, 0.6) is 0 Å². The Morgan fingerprint density at radius 2 is 1.65 bits per heavy atom. The molecule has 5 heteroatoms. The van der Waals surface area contributed by atoms with Gasteiger partial charge < -0.3 is 16.4 Å². The highest BCUT2D eigenvalue weighted by molar-refractivity contribution is 5.95. The van der Waals surface area contributed by atoms with Crippen molar-refractivity contribution in [2.24, 2.45) is 11.7 Å². The van der Waals surface area contributed by atoms with Crippen LogP contribution in [0.1, 0.15) is 33.1 Å². The fourth-order valence-electron chi connectivity index (χ4n) is 1.85. The van der Waals surface area contributed by atoms with E-state index in [2.05, 4.69) is 10.6 Å². The first kappa shape index (κ1) is 14.5. The van der Waals surface area contributed by atoms with Gasteiger partial charge in [0.25, 0.3) is 0 Å². The second-order valence-electron chi connectivity index (χ2n) is 6.05. The fraction of sp³-hybridized carbons (Fsp3) is 0.467. The Labute approximate surface area is 118 Å². The topological polar surface area (TPSA) is 84.2 Å². The summed E-state index contributed by atoms with van der Waals surface area (Å²) in [5, 5.41) is 5.63. The van der Waals surface area contributed by atoms with Crippen LogP contribution in [0.4, 0.5) is 11.4 Å². The average Bonchev–Trinajstić information content (AvgIpc) is 3.13. The van der Waals surface area contributed by atoms with Crippen LogP contribution >= 0.6 is 0 Å². The Balaban J connectivity index is 1.87. The molecule has 1 aromatic carbocycles. The molecule has 1 aromatic rings. The summed E-state index contributed by atoms with van der Waals surface area (Å²) in [6.07, 6.45) is 2.22. The van der Waals surface area contributed by atoms with Crippen LogP contribution in [-0.4, -0.2) is 17.4 Å². The van der Waals surface area contributed by atoms with Crippen molar-refractivity contribution in [3.8, 4) is 0 Å². The summed E-state index contributed by atoms with van der Waals surface area (Å²) in [6.45, 7) is 3.62. The van der Waals surface area contributed by atoms with Crippen molar-refractivity contribution in [1.29, 1.82) is 0 Å². The maximum atomic E-state index is 11.7. The second kappa shape index (κ2) is 5.63. The van der Waals surface area contributed by atoms with Crippen LogP contribution in [0.2, 0.25) is 0 Å². The Bertz CT molecular complexity index is 499. The lowest BCUT2D eigenvalue weighted by atomic mass is 10.0. The lowest BCUT2D eigenvalue weighted by Gasteiger charge is -2.17. The lowest BCUT2D eigenvalue weighted by Crippen LogP contribution is -2.36. The number of carbonyl (C=O) groups excluding carboxylic acids is 2. The molecule has 0 unspecified atom stereocenters. The quantitative estimate of drug-likeness (QED) is 0.769. The molecule has 1 saturated carbocycles. The highest BCUT2D eigenvalue weighted by Crippen LogP contribution is 2.30. The molecule has 0 heterocycles. The second-order valence-corrected chi connectivity index (χ2v) is 6.05. The number of amides is 2. The molecule has 0 atom stereocenters. The number of carbonyl (C=O) groups is 2. The molecule has 0 radical (unpaired) electrons. The number of hydrogen-bond acceptors (Lipinski definition) is 3. The number of nitrogens with two attached hydrogens (primary N) is 1. The van der Waals surface area contributed by atoms with Gasteiger partial charge in [-0.2, -0.15) is 0 Å². The van der Waals surface area contributed by atoms with Crippen molar-refractivity contribution in [2.75, 3.05) is 10.6 Å². The molecule has 0 bridgehead atoms. The lowest BCUT2D eigenvalue weighted by molar-refractivity contribution is -0.118. The van der Waals surface area contributed by atoms with Gasteiger partial charge in [-0.3, -0.25) is 9.59 Å². The third-order valence-electron chi connectivity index (χ3n) is 3.00. The third-order valence-corrected chi connectivity index (χ3v) is 3.00. The number of nitrogens with one attached hydrogen (secondary N) is 2. The minimum Gasteiger partial charge on any atom is -0.326 e. The molecule has 2 rings (SSSR count). The highest BCUT2D eigenvalue weighted by atomic mass is 16.2. The molecule has 20 heavy (non-hydrogen) atoms. The van der Waals surface area contributed by atoms with E-state index in [4.69, 9.17) is 5.73 Å². The van der Waals surface area contributed by atoms with Gasteiger partial charge in [0.1, 0.15) is 0 Å². The number of rotatable bonds is 5. The van der Waals surface area contributed by atoms with Gasteiger partial charge in [-0.05, 0) is 51.0 Å². The largest absolute Gasteiger partial charge is 0.326 e. The van der Waals surface area contributed by atoms with E-state index in [9.17, 15) is 9.59 Å². The van der Waals surface area contributed by atoms with Crippen LogP contribution < -0.4 is 16.4 Å². The van der Waals surface area contributed by atoms with Crippen LogP contribution in [0.15, 0.2) is 24.3 Å². The predicted molar refractivity (Wildman–Crippen MR) is 79.3 cm³/mol. The standard InChI is InChI=1S/C15H21N3O2/c1-15(2,16)9-13(19)17-11-5-7-12(8-6-11)18-14(20)10-3-4-10/h5-8,10H,3-4,9,16H2,1-2H3,(H,17,19)(H,18,20). The molecule has 5 nitrogen and oxygen atoms in total. The van der Waals surface area contributed by atoms with Crippen LogP contribution in [0.3, 0.4) is 0 Å². The van der Waals surface area contributed by atoms with Gasteiger partial charge in [0.2, 0.25) is 11.8 Å². The summed E-state index contributed by atoms with van der Waals surface area (Å²) in [7, 11) is 0. The Hall–Kier alpha value is -1.88. The van der Waals surface area contributed by atoms with E-state index in [0.29, 0.717) is 5.69 Å².